The molecule has 2 aliphatic rings. The Bertz CT molecular complexity index is 638. The quantitative estimate of drug-likeness (QED) is 0.862. The van der Waals surface area contributed by atoms with Gasteiger partial charge in [0.25, 0.3) is 5.91 Å². The Hall–Kier alpha value is -2.08. The van der Waals surface area contributed by atoms with Gasteiger partial charge in [-0.25, -0.2) is 0 Å². The van der Waals surface area contributed by atoms with Crippen molar-refractivity contribution >= 4 is 5.91 Å². The third kappa shape index (κ3) is 2.57. The number of furan rings is 1. The van der Waals surface area contributed by atoms with E-state index in [4.69, 9.17) is 4.42 Å². The van der Waals surface area contributed by atoms with Crippen LogP contribution in [0.2, 0.25) is 0 Å². The van der Waals surface area contributed by atoms with Gasteiger partial charge in [-0.2, -0.15) is 5.10 Å². The van der Waals surface area contributed by atoms with E-state index in [2.05, 4.69) is 10.00 Å². The lowest BCUT2D eigenvalue weighted by molar-refractivity contribution is -0.148. The van der Waals surface area contributed by atoms with Crippen LogP contribution in [0.3, 0.4) is 0 Å². The second-order valence-electron chi connectivity index (χ2n) is 6.48. The van der Waals surface area contributed by atoms with Crippen molar-refractivity contribution in [1.82, 2.24) is 19.6 Å². The summed E-state index contributed by atoms with van der Waals surface area (Å²) in [5, 5.41) is 4.41. The van der Waals surface area contributed by atoms with Crippen LogP contribution < -0.4 is 0 Å². The second-order valence-corrected chi connectivity index (χ2v) is 6.48. The van der Waals surface area contributed by atoms with E-state index in [9.17, 15) is 4.79 Å². The maximum absolute atomic E-state index is 13.1. The molecule has 0 saturated carbocycles. The average molecular weight is 314 g/mol. The minimum absolute atomic E-state index is 0.241. The van der Waals surface area contributed by atoms with E-state index in [1.165, 1.54) is 0 Å². The normalized spacial score (nSPS) is 21.1. The number of nitrogens with zero attached hydrogens (tertiary/aromatic N) is 4. The van der Waals surface area contributed by atoms with E-state index in [0.717, 1.165) is 57.7 Å². The molecule has 4 heterocycles. The number of rotatable bonds is 4. The summed E-state index contributed by atoms with van der Waals surface area (Å²) in [5.41, 5.74) is -0.510. The van der Waals surface area contributed by atoms with Crippen LogP contribution in [-0.2, 0) is 16.9 Å². The molecule has 0 aromatic carbocycles. The van der Waals surface area contributed by atoms with Gasteiger partial charge in [0.2, 0.25) is 0 Å². The van der Waals surface area contributed by atoms with Crippen molar-refractivity contribution in [2.45, 2.75) is 31.3 Å². The zero-order valence-corrected chi connectivity index (χ0v) is 13.2. The molecular weight excluding hydrogens is 292 g/mol. The number of aromatic nitrogens is 2. The highest BCUT2D eigenvalue weighted by Crippen LogP contribution is 2.33. The molecular formula is C17H22N4O2. The molecule has 0 radical (unpaired) electrons. The number of carbonyl (C=O) groups excluding carboxylic acids is 1. The molecule has 6 heteroatoms. The molecule has 2 aromatic heterocycles. The Morgan fingerprint density at radius 2 is 2.04 bits per heavy atom. The Morgan fingerprint density at radius 1 is 1.22 bits per heavy atom. The summed E-state index contributed by atoms with van der Waals surface area (Å²) < 4.78 is 7.33. The van der Waals surface area contributed by atoms with Crippen molar-refractivity contribution in [3.8, 4) is 0 Å². The zero-order valence-electron chi connectivity index (χ0n) is 13.2. The molecule has 2 saturated heterocycles. The van der Waals surface area contributed by atoms with E-state index in [-0.39, 0.29) is 5.91 Å². The average Bonchev–Trinajstić information content (AvgIpc) is 3.19. The fraction of sp³-hybridized carbons (Fsp3) is 0.529. The van der Waals surface area contributed by atoms with Crippen LogP contribution in [0.4, 0.5) is 0 Å². The summed E-state index contributed by atoms with van der Waals surface area (Å²) in [5.74, 6) is 1.22. The molecule has 2 aromatic rings. The summed E-state index contributed by atoms with van der Waals surface area (Å²) in [4.78, 5) is 17.4. The minimum Gasteiger partial charge on any atom is -0.468 e. The van der Waals surface area contributed by atoms with Gasteiger partial charge >= 0.3 is 0 Å². The second kappa shape index (κ2) is 5.85. The SMILES string of the molecule is O=C(N1CCC1)C1(n2cccn2)CCN(Cc2ccco2)CC1. The van der Waals surface area contributed by atoms with Crippen molar-refractivity contribution < 1.29 is 9.21 Å². The lowest BCUT2D eigenvalue weighted by atomic mass is 9.85. The molecule has 2 fully saturated rings. The van der Waals surface area contributed by atoms with Gasteiger partial charge in [-0.3, -0.25) is 14.4 Å². The molecule has 6 nitrogen and oxygen atoms in total. The molecule has 0 unspecified atom stereocenters. The van der Waals surface area contributed by atoms with Gasteiger partial charge in [0.05, 0.1) is 12.8 Å². The standard InChI is InChI=1S/C17H22N4O2/c22-16(20-8-3-9-20)17(21-10-2-7-18-21)5-11-19(12-6-17)14-15-4-1-13-23-15/h1-2,4,7,10,13H,3,5-6,8-9,11-12,14H2. The van der Waals surface area contributed by atoms with E-state index < -0.39 is 5.54 Å². The first kappa shape index (κ1) is 14.5. The molecule has 0 aliphatic carbocycles. The van der Waals surface area contributed by atoms with Crippen molar-refractivity contribution in [2.75, 3.05) is 26.2 Å². The van der Waals surface area contributed by atoms with Crippen LogP contribution in [0.5, 0.6) is 0 Å². The molecule has 0 N–H and O–H groups in total. The first-order valence-corrected chi connectivity index (χ1v) is 8.32. The number of hydrogen-bond acceptors (Lipinski definition) is 4. The van der Waals surface area contributed by atoms with Gasteiger partial charge in [0.1, 0.15) is 11.3 Å². The summed E-state index contributed by atoms with van der Waals surface area (Å²) in [6.45, 7) is 4.33. The minimum atomic E-state index is -0.510. The number of amides is 1. The zero-order chi connectivity index (χ0) is 15.7. The summed E-state index contributed by atoms with van der Waals surface area (Å²) in [7, 11) is 0. The van der Waals surface area contributed by atoms with Crippen molar-refractivity contribution in [2.24, 2.45) is 0 Å². The van der Waals surface area contributed by atoms with Gasteiger partial charge in [0.15, 0.2) is 0 Å². The van der Waals surface area contributed by atoms with E-state index in [1.54, 1.807) is 12.5 Å². The summed E-state index contributed by atoms with van der Waals surface area (Å²) in [6, 6.07) is 5.82. The lowest BCUT2D eigenvalue weighted by Crippen LogP contribution is -2.59. The third-order valence-electron chi connectivity index (χ3n) is 5.13. The van der Waals surface area contributed by atoms with Gasteiger partial charge in [0, 0.05) is 38.6 Å². The van der Waals surface area contributed by atoms with E-state index >= 15 is 0 Å². The van der Waals surface area contributed by atoms with Crippen LogP contribution in [0, 0.1) is 0 Å². The fourth-order valence-corrected chi connectivity index (χ4v) is 3.58. The Kier molecular flexibility index (Phi) is 3.69. The lowest BCUT2D eigenvalue weighted by Gasteiger charge is -2.45. The van der Waals surface area contributed by atoms with Gasteiger partial charge in [-0.15, -0.1) is 0 Å². The molecule has 0 bridgehead atoms. The molecule has 23 heavy (non-hydrogen) atoms. The molecule has 4 rings (SSSR count). The molecule has 0 spiro atoms. The predicted octanol–water partition coefficient (Wildman–Crippen LogP) is 1.70. The van der Waals surface area contributed by atoms with Crippen LogP contribution in [0.1, 0.15) is 25.0 Å². The molecule has 122 valence electrons. The van der Waals surface area contributed by atoms with Crippen LogP contribution in [0.25, 0.3) is 0 Å². The smallest absolute Gasteiger partial charge is 0.250 e. The summed E-state index contributed by atoms with van der Waals surface area (Å²) in [6.07, 6.45) is 8.11. The highest BCUT2D eigenvalue weighted by Gasteiger charge is 2.46. The van der Waals surface area contributed by atoms with Crippen LogP contribution >= 0.6 is 0 Å². The van der Waals surface area contributed by atoms with E-state index in [1.807, 2.05) is 34.0 Å². The van der Waals surface area contributed by atoms with Crippen molar-refractivity contribution in [3.63, 3.8) is 0 Å². The monoisotopic (exact) mass is 314 g/mol. The number of likely N-dealkylation sites (tertiary alicyclic amines) is 2. The Labute approximate surface area is 135 Å². The maximum Gasteiger partial charge on any atom is 0.250 e. The number of piperidine rings is 1. The first-order chi connectivity index (χ1) is 11.3. The largest absolute Gasteiger partial charge is 0.468 e. The first-order valence-electron chi connectivity index (χ1n) is 8.32. The fourth-order valence-electron chi connectivity index (χ4n) is 3.58. The van der Waals surface area contributed by atoms with E-state index in [0.29, 0.717) is 0 Å². The van der Waals surface area contributed by atoms with Gasteiger partial charge < -0.3 is 9.32 Å². The Balaban J connectivity index is 1.51. The van der Waals surface area contributed by atoms with Crippen LogP contribution in [-0.4, -0.2) is 51.7 Å². The maximum atomic E-state index is 13.1. The van der Waals surface area contributed by atoms with Crippen molar-refractivity contribution in [1.29, 1.82) is 0 Å². The molecule has 2 aliphatic heterocycles. The molecule has 0 atom stereocenters. The third-order valence-corrected chi connectivity index (χ3v) is 5.13. The van der Waals surface area contributed by atoms with Crippen molar-refractivity contribution in [3.05, 3.63) is 42.6 Å². The molecule has 1 amide bonds. The highest BCUT2D eigenvalue weighted by molar-refractivity contribution is 5.85. The highest BCUT2D eigenvalue weighted by atomic mass is 16.3. The van der Waals surface area contributed by atoms with Crippen LogP contribution in [0.15, 0.2) is 41.3 Å². The Morgan fingerprint density at radius 3 is 2.61 bits per heavy atom. The topological polar surface area (TPSA) is 54.5 Å². The number of carbonyl (C=O) groups is 1. The summed E-state index contributed by atoms with van der Waals surface area (Å²) >= 11 is 0. The van der Waals surface area contributed by atoms with Gasteiger partial charge in [-0.05, 0) is 37.5 Å². The number of hydrogen-bond donors (Lipinski definition) is 0. The van der Waals surface area contributed by atoms with Gasteiger partial charge in [-0.1, -0.05) is 0 Å². The predicted molar refractivity (Wildman–Crippen MR) is 84.6 cm³/mol.